The molecule has 0 aromatic heterocycles. The molecule has 1 aliphatic rings. The van der Waals surface area contributed by atoms with E-state index in [0.29, 0.717) is 5.92 Å². The lowest BCUT2D eigenvalue weighted by Gasteiger charge is -2.19. The van der Waals surface area contributed by atoms with Crippen LogP contribution in [0, 0.1) is 23.0 Å². The van der Waals surface area contributed by atoms with Crippen LogP contribution in [-0.4, -0.2) is 17.4 Å². The van der Waals surface area contributed by atoms with E-state index in [4.69, 9.17) is 4.74 Å². The van der Waals surface area contributed by atoms with Crippen molar-refractivity contribution in [1.29, 1.82) is 0 Å². The van der Waals surface area contributed by atoms with Gasteiger partial charge in [0.1, 0.15) is 0 Å². The van der Waals surface area contributed by atoms with Crippen molar-refractivity contribution in [1.82, 2.24) is 5.32 Å². The van der Waals surface area contributed by atoms with Gasteiger partial charge in [0.2, 0.25) is 0 Å². The molecule has 2 aromatic carbocycles. The first kappa shape index (κ1) is 17.0. The zero-order valence-corrected chi connectivity index (χ0v) is 14.0. The molecule has 6 nitrogen and oxygen atoms in total. The highest BCUT2D eigenvalue weighted by molar-refractivity contribution is 5.78. The topological polar surface area (TPSA) is 81.5 Å². The molecule has 3 rings (SSSR count). The zero-order valence-electron chi connectivity index (χ0n) is 14.0. The van der Waals surface area contributed by atoms with E-state index < -0.39 is 4.92 Å². The van der Waals surface area contributed by atoms with Crippen LogP contribution in [0.15, 0.2) is 48.5 Å². The molecular formula is C19H20N2O4. The Morgan fingerprint density at radius 1 is 1.28 bits per heavy atom. The van der Waals surface area contributed by atoms with E-state index in [2.05, 4.69) is 5.32 Å². The number of hydrogen-bond acceptors (Lipinski definition) is 4. The Bertz CT molecular complexity index is 772. The molecular weight excluding hydrogens is 320 g/mol. The predicted octanol–water partition coefficient (Wildman–Crippen LogP) is 3.55. The number of benzene rings is 2. The van der Waals surface area contributed by atoms with Crippen LogP contribution in [0.1, 0.15) is 30.0 Å². The number of carbonyl (C=O) groups excluding carboxylic acids is 1. The van der Waals surface area contributed by atoms with E-state index in [1.54, 1.807) is 13.0 Å². The highest BCUT2D eigenvalue weighted by atomic mass is 16.6. The maximum absolute atomic E-state index is 12.3. The van der Waals surface area contributed by atoms with Gasteiger partial charge in [-0.2, -0.15) is 0 Å². The highest BCUT2D eigenvalue weighted by Gasteiger charge is 2.33. The summed E-state index contributed by atoms with van der Waals surface area (Å²) in [5.41, 5.74) is 1.70. The van der Waals surface area contributed by atoms with Gasteiger partial charge in [-0.15, -0.1) is 0 Å². The van der Waals surface area contributed by atoms with E-state index in [1.165, 1.54) is 12.1 Å². The van der Waals surface area contributed by atoms with Crippen molar-refractivity contribution >= 4 is 11.6 Å². The molecule has 0 aliphatic heterocycles. The van der Waals surface area contributed by atoms with Crippen LogP contribution in [0.2, 0.25) is 0 Å². The maximum atomic E-state index is 12.3. The van der Waals surface area contributed by atoms with Crippen molar-refractivity contribution in [3.05, 3.63) is 69.8 Å². The summed E-state index contributed by atoms with van der Waals surface area (Å²) in [5, 5.41) is 14.1. The van der Waals surface area contributed by atoms with Gasteiger partial charge in [-0.1, -0.05) is 36.4 Å². The van der Waals surface area contributed by atoms with Gasteiger partial charge in [0.25, 0.3) is 5.91 Å². The van der Waals surface area contributed by atoms with Crippen LogP contribution in [0.4, 0.5) is 5.69 Å². The fraction of sp³-hybridized carbons (Fsp3) is 0.316. The summed E-state index contributed by atoms with van der Waals surface area (Å²) in [6.45, 7) is 1.52. The molecule has 1 saturated carbocycles. The molecule has 25 heavy (non-hydrogen) atoms. The van der Waals surface area contributed by atoms with Crippen molar-refractivity contribution in [2.24, 2.45) is 5.92 Å². The van der Waals surface area contributed by atoms with Gasteiger partial charge < -0.3 is 10.1 Å². The van der Waals surface area contributed by atoms with Gasteiger partial charge in [-0.3, -0.25) is 14.9 Å². The summed E-state index contributed by atoms with van der Waals surface area (Å²) in [6.07, 6.45) is 2.17. The SMILES string of the molecule is Cc1ccc(OCC(=O)NC(c2ccccc2)C2CC2)c([N+](=O)[O-])c1. The van der Waals surface area contributed by atoms with Gasteiger partial charge in [0, 0.05) is 6.07 Å². The number of ether oxygens (including phenoxy) is 1. The Balaban J connectivity index is 1.64. The van der Waals surface area contributed by atoms with Crippen LogP contribution in [0.3, 0.4) is 0 Å². The van der Waals surface area contributed by atoms with E-state index in [-0.39, 0.29) is 30.0 Å². The van der Waals surface area contributed by atoms with Crippen LogP contribution in [0.25, 0.3) is 0 Å². The first-order valence-electron chi connectivity index (χ1n) is 8.27. The van der Waals surface area contributed by atoms with Crippen LogP contribution >= 0.6 is 0 Å². The first-order valence-corrected chi connectivity index (χ1v) is 8.27. The molecule has 1 unspecified atom stereocenters. The largest absolute Gasteiger partial charge is 0.477 e. The van der Waals surface area contributed by atoms with Gasteiger partial charge >= 0.3 is 5.69 Å². The number of nitrogens with one attached hydrogen (secondary N) is 1. The smallest absolute Gasteiger partial charge is 0.311 e. The summed E-state index contributed by atoms with van der Waals surface area (Å²) in [6, 6.07) is 14.5. The molecule has 0 saturated heterocycles. The molecule has 1 N–H and O–H groups in total. The number of carbonyl (C=O) groups is 1. The molecule has 130 valence electrons. The highest BCUT2D eigenvalue weighted by Crippen LogP contribution is 2.40. The van der Waals surface area contributed by atoms with E-state index in [9.17, 15) is 14.9 Å². The minimum Gasteiger partial charge on any atom is -0.477 e. The van der Waals surface area contributed by atoms with Gasteiger partial charge in [-0.05, 0) is 42.9 Å². The predicted molar refractivity (Wildman–Crippen MR) is 93.4 cm³/mol. The maximum Gasteiger partial charge on any atom is 0.311 e. The van der Waals surface area contributed by atoms with Crippen molar-refractivity contribution in [3.63, 3.8) is 0 Å². The summed E-state index contributed by atoms with van der Waals surface area (Å²) < 4.78 is 5.40. The lowest BCUT2D eigenvalue weighted by Crippen LogP contribution is -2.33. The molecule has 6 heteroatoms. The number of aryl methyl sites for hydroxylation is 1. The molecule has 0 heterocycles. The molecule has 1 atom stereocenters. The molecule has 0 spiro atoms. The molecule has 1 amide bonds. The Morgan fingerprint density at radius 2 is 2.00 bits per heavy atom. The number of nitro benzene ring substituents is 1. The average Bonchev–Trinajstić information content (AvgIpc) is 3.44. The number of nitrogens with zero attached hydrogens (tertiary/aromatic N) is 1. The summed E-state index contributed by atoms with van der Waals surface area (Å²) in [5.74, 6) is 0.268. The fourth-order valence-corrected chi connectivity index (χ4v) is 2.81. The lowest BCUT2D eigenvalue weighted by molar-refractivity contribution is -0.385. The molecule has 0 radical (unpaired) electrons. The minimum atomic E-state index is -0.503. The molecule has 0 bridgehead atoms. The first-order chi connectivity index (χ1) is 12.0. The monoisotopic (exact) mass is 340 g/mol. The van der Waals surface area contributed by atoms with Crippen molar-refractivity contribution in [2.75, 3.05) is 6.61 Å². The number of nitro groups is 1. The fourth-order valence-electron chi connectivity index (χ4n) is 2.81. The van der Waals surface area contributed by atoms with Gasteiger partial charge in [-0.25, -0.2) is 0 Å². The minimum absolute atomic E-state index is 0.0368. The van der Waals surface area contributed by atoms with E-state index in [1.807, 2.05) is 30.3 Å². The third-order valence-electron chi connectivity index (χ3n) is 4.24. The third kappa shape index (κ3) is 4.35. The van der Waals surface area contributed by atoms with Gasteiger partial charge in [0.05, 0.1) is 11.0 Å². The average molecular weight is 340 g/mol. The lowest BCUT2D eigenvalue weighted by atomic mass is 10.0. The normalized spacial score (nSPS) is 14.6. The second-order valence-corrected chi connectivity index (χ2v) is 6.31. The quantitative estimate of drug-likeness (QED) is 0.617. The van der Waals surface area contributed by atoms with Gasteiger partial charge in [0.15, 0.2) is 12.4 Å². The Hall–Kier alpha value is -2.89. The second-order valence-electron chi connectivity index (χ2n) is 6.31. The molecule has 1 fully saturated rings. The zero-order chi connectivity index (χ0) is 17.8. The molecule has 1 aliphatic carbocycles. The Morgan fingerprint density at radius 3 is 2.64 bits per heavy atom. The Kier molecular flexibility index (Phi) is 4.97. The van der Waals surface area contributed by atoms with E-state index >= 15 is 0 Å². The number of amides is 1. The van der Waals surface area contributed by atoms with E-state index in [0.717, 1.165) is 24.0 Å². The van der Waals surface area contributed by atoms with Crippen LogP contribution in [0.5, 0.6) is 5.75 Å². The van der Waals surface area contributed by atoms with Crippen LogP contribution in [-0.2, 0) is 4.79 Å². The number of hydrogen-bond donors (Lipinski definition) is 1. The standard InChI is InChI=1S/C19H20N2O4/c1-13-7-10-17(16(11-13)21(23)24)25-12-18(22)20-19(15-8-9-15)14-5-3-2-4-6-14/h2-7,10-11,15,19H,8-9,12H2,1H3,(H,20,22). The van der Waals surface area contributed by atoms with Crippen molar-refractivity contribution in [2.45, 2.75) is 25.8 Å². The summed E-state index contributed by atoms with van der Waals surface area (Å²) in [7, 11) is 0. The Labute approximate surface area is 146 Å². The third-order valence-corrected chi connectivity index (χ3v) is 4.24. The summed E-state index contributed by atoms with van der Waals surface area (Å²) in [4.78, 5) is 22.9. The van der Waals surface area contributed by atoms with Crippen molar-refractivity contribution in [3.8, 4) is 5.75 Å². The second kappa shape index (κ2) is 7.34. The summed E-state index contributed by atoms with van der Waals surface area (Å²) >= 11 is 0. The molecule has 2 aromatic rings. The van der Waals surface area contributed by atoms with Crippen molar-refractivity contribution < 1.29 is 14.5 Å². The number of rotatable bonds is 7. The van der Waals surface area contributed by atoms with Crippen LogP contribution < -0.4 is 10.1 Å².